The smallest absolute Gasteiger partial charge is 0.328 e. The van der Waals surface area contributed by atoms with Crippen molar-refractivity contribution < 1.29 is 9.53 Å². The molecule has 0 spiro atoms. The van der Waals surface area contributed by atoms with E-state index in [4.69, 9.17) is 4.74 Å². The van der Waals surface area contributed by atoms with Gasteiger partial charge in [-0.3, -0.25) is 5.32 Å². The fourth-order valence-electron chi connectivity index (χ4n) is 3.00. The number of carbonyl (C=O) groups excluding carboxylic acids is 1. The Morgan fingerprint density at radius 2 is 2.24 bits per heavy atom. The maximum absolute atomic E-state index is 12.7. The number of esters is 1. The third-order valence-corrected chi connectivity index (χ3v) is 4.00. The van der Waals surface area contributed by atoms with Gasteiger partial charge < -0.3 is 9.30 Å². The summed E-state index contributed by atoms with van der Waals surface area (Å²) >= 11 is 0. The van der Waals surface area contributed by atoms with Crippen LogP contribution in [0.15, 0.2) is 12.4 Å². The molecule has 1 aliphatic rings. The Morgan fingerprint density at radius 1 is 1.52 bits per heavy atom. The van der Waals surface area contributed by atoms with E-state index < -0.39 is 5.54 Å². The Labute approximate surface area is 127 Å². The predicted octanol–water partition coefficient (Wildman–Crippen LogP) is 2.16. The average Bonchev–Trinajstić information content (AvgIpc) is 3.19. The monoisotopic (exact) mass is 293 g/mol. The van der Waals surface area contributed by atoms with E-state index in [0.717, 1.165) is 25.1 Å². The Morgan fingerprint density at radius 3 is 2.76 bits per heavy atom. The lowest BCUT2D eigenvalue weighted by Gasteiger charge is -2.35. The van der Waals surface area contributed by atoms with Gasteiger partial charge in [0.1, 0.15) is 11.4 Å². The second kappa shape index (κ2) is 6.60. The number of ether oxygens (including phenoxy) is 1. The van der Waals surface area contributed by atoms with Crippen molar-refractivity contribution in [1.82, 2.24) is 14.9 Å². The lowest BCUT2D eigenvalue weighted by atomic mass is 9.91. The molecule has 0 aliphatic heterocycles. The predicted molar refractivity (Wildman–Crippen MR) is 82.0 cm³/mol. The van der Waals surface area contributed by atoms with Crippen LogP contribution in [0, 0.1) is 5.92 Å². The summed E-state index contributed by atoms with van der Waals surface area (Å²) in [5, 5.41) is 3.51. The molecule has 1 unspecified atom stereocenters. The lowest BCUT2D eigenvalue weighted by Crippen LogP contribution is -2.60. The molecule has 5 heteroatoms. The minimum atomic E-state index is -0.630. The number of hydrogen-bond donors (Lipinski definition) is 1. The highest BCUT2D eigenvalue weighted by Gasteiger charge is 2.52. The number of rotatable bonds is 8. The molecule has 1 fully saturated rings. The maximum Gasteiger partial charge on any atom is 0.328 e. The maximum atomic E-state index is 12.7. The first-order chi connectivity index (χ1) is 10.0. The number of nitrogens with zero attached hydrogens (tertiary/aromatic N) is 2. The van der Waals surface area contributed by atoms with Crippen LogP contribution < -0.4 is 5.32 Å². The molecule has 5 nitrogen and oxygen atoms in total. The van der Waals surface area contributed by atoms with Crippen molar-refractivity contribution in [3.63, 3.8) is 0 Å². The molecular weight excluding hydrogens is 266 g/mol. The van der Waals surface area contributed by atoms with Crippen LogP contribution in [0.2, 0.25) is 0 Å². The van der Waals surface area contributed by atoms with Crippen LogP contribution in [-0.2, 0) is 22.5 Å². The zero-order chi connectivity index (χ0) is 15.5. The van der Waals surface area contributed by atoms with E-state index in [2.05, 4.69) is 35.6 Å². The summed E-state index contributed by atoms with van der Waals surface area (Å²) in [5.41, 5.74) is -0.630. The minimum absolute atomic E-state index is 0.128. The Balaban J connectivity index is 2.31. The third-order valence-electron chi connectivity index (χ3n) is 4.00. The largest absolute Gasteiger partial charge is 0.465 e. The number of nitrogens with one attached hydrogen (secondary N) is 1. The average molecular weight is 293 g/mol. The normalized spacial score (nSPS) is 17.8. The molecule has 0 amide bonds. The van der Waals surface area contributed by atoms with Crippen molar-refractivity contribution in [3.8, 4) is 0 Å². The van der Waals surface area contributed by atoms with Crippen molar-refractivity contribution in [1.29, 1.82) is 0 Å². The molecule has 1 N–H and O–H groups in total. The molecule has 2 rings (SSSR count). The summed E-state index contributed by atoms with van der Waals surface area (Å²) in [5.74, 6) is 1.23. The van der Waals surface area contributed by atoms with Crippen molar-refractivity contribution >= 4 is 5.97 Å². The molecule has 0 aromatic carbocycles. The standard InChI is InChI=1S/C16H27N3O2/c1-5-14-17-9-10-19(14)11-16(13-7-8-13,18-12(3)4)15(20)21-6-2/h9-10,12-13,18H,5-8,11H2,1-4H3. The number of imidazole rings is 1. The molecule has 0 bridgehead atoms. The molecule has 1 saturated carbocycles. The summed E-state index contributed by atoms with van der Waals surface area (Å²) in [4.78, 5) is 17.1. The Kier molecular flexibility index (Phi) is 5.04. The summed E-state index contributed by atoms with van der Waals surface area (Å²) in [6.07, 6.45) is 6.77. The molecule has 0 saturated heterocycles. The number of hydrogen-bond acceptors (Lipinski definition) is 4. The second-order valence-electron chi connectivity index (χ2n) is 6.09. The fraction of sp³-hybridized carbons (Fsp3) is 0.750. The van der Waals surface area contributed by atoms with Crippen molar-refractivity contribution in [2.45, 2.75) is 65.1 Å². The van der Waals surface area contributed by atoms with Gasteiger partial charge in [0.05, 0.1) is 13.2 Å². The number of aryl methyl sites for hydroxylation is 1. The minimum Gasteiger partial charge on any atom is -0.465 e. The van der Waals surface area contributed by atoms with Gasteiger partial charge in [-0.25, -0.2) is 9.78 Å². The van der Waals surface area contributed by atoms with Crippen LogP contribution >= 0.6 is 0 Å². The van der Waals surface area contributed by atoms with E-state index in [1.165, 1.54) is 0 Å². The molecule has 118 valence electrons. The number of carbonyl (C=O) groups is 1. The van der Waals surface area contributed by atoms with Crippen LogP contribution in [0.4, 0.5) is 0 Å². The highest BCUT2D eigenvalue weighted by atomic mass is 16.5. The highest BCUT2D eigenvalue weighted by Crippen LogP contribution is 2.42. The Bertz CT molecular complexity index is 480. The molecule has 1 aromatic rings. The summed E-state index contributed by atoms with van der Waals surface area (Å²) in [6.45, 7) is 9.10. The quantitative estimate of drug-likeness (QED) is 0.746. The summed E-state index contributed by atoms with van der Waals surface area (Å²) in [6, 6.07) is 0.226. The Hall–Kier alpha value is -1.36. The second-order valence-corrected chi connectivity index (χ2v) is 6.09. The summed E-state index contributed by atoms with van der Waals surface area (Å²) in [7, 11) is 0. The SMILES string of the molecule is CCOC(=O)C(Cn1ccnc1CC)(NC(C)C)C1CC1. The molecule has 1 heterocycles. The summed E-state index contributed by atoms with van der Waals surface area (Å²) < 4.78 is 7.48. The van der Waals surface area contributed by atoms with E-state index in [9.17, 15) is 4.79 Å². The van der Waals surface area contributed by atoms with Crippen molar-refractivity contribution in [2.24, 2.45) is 5.92 Å². The zero-order valence-electron chi connectivity index (χ0n) is 13.6. The van der Waals surface area contributed by atoms with Crippen LogP contribution in [0.25, 0.3) is 0 Å². The van der Waals surface area contributed by atoms with Crippen LogP contribution in [-0.4, -0.2) is 33.7 Å². The number of aromatic nitrogens is 2. The van der Waals surface area contributed by atoms with Crippen LogP contribution in [0.5, 0.6) is 0 Å². The highest BCUT2D eigenvalue weighted by molar-refractivity contribution is 5.82. The van der Waals surface area contributed by atoms with Gasteiger partial charge in [0.2, 0.25) is 0 Å². The molecule has 0 radical (unpaired) electrons. The van der Waals surface area contributed by atoms with Gasteiger partial charge >= 0.3 is 5.97 Å². The van der Waals surface area contributed by atoms with Gasteiger partial charge in [-0.1, -0.05) is 6.92 Å². The van der Waals surface area contributed by atoms with Crippen molar-refractivity contribution in [3.05, 3.63) is 18.2 Å². The molecular formula is C16H27N3O2. The molecule has 1 aromatic heterocycles. The van der Waals surface area contributed by atoms with E-state index in [1.54, 1.807) is 6.20 Å². The molecule has 1 atom stereocenters. The van der Waals surface area contributed by atoms with Crippen molar-refractivity contribution in [2.75, 3.05) is 6.61 Å². The molecule has 21 heavy (non-hydrogen) atoms. The van der Waals surface area contributed by atoms with Crippen LogP contribution in [0.3, 0.4) is 0 Å². The topological polar surface area (TPSA) is 56.2 Å². The van der Waals surface area contributed by atoms with Gasteiger partial charge in [0.25, 0.3) is 0 Å². The van der Waals surface area contributed by atoms with Gasteiger partial charge in [0.15, 0.2) is 0 Å². The van der Waals surface area contributed by atoms with Gasteiger partial charge in [-0.05, 0) is 39.5 Å². The van der Waals surface area contributed by atoms with E-state index in [0.29, 0.717) is 19.1 Å². The lowest BCUT2D eigenvalue weighted by molar-refractivity contribution is -0.153. The van der Waals surface area contributed by atoms with E-state index >= 15 is 0 Å². The molecule has 1 aliphatic carbocycles. The van der Waals surface area contributed by atoms with Gasteiger partial charge in [0, 0.05) is 24.9 Å². The third kappa shape index (κ3) is 3.46. The first kappa shape index (κ1) is 16.0. The first-order valence-electron chi connectivity index (χ1n) is 7.98. The van der Waals surface area contributed by atoms with Gasteiger partial charge in [-0.15, -0.1) is 0 Å². The van der Waals surface area contributed by atoms with Crippen LogP contribution in [0.1, 0.15) is 46.4 Å². The van der Waals surface area contributed by atoms with Gasteiger partial charge in [-0.2, -0.15) is 0 Å². The van der Waals surface area contributed by atoms with E-state index in [-0.39, 0.29) is 12.0 Å². The van der Waals surface area contributed by atoms with E-state index in [1.807, 2.05) is 13.1 Å². The first-order valence-corrected chi connectivity index (χ1v) is 7.98. The zero-order valence-corrected chi connectivity index (χ0v) is 13.6. The fourth-order valence-corrected chi connectivity index (χ4v) is 3.00.